The lowest BCUT2D eigenvalue weighted by Crippen LogP contribution is -2.16. The zero-order chi connectivity index (χ0) is 8.43. The van der Waals surface area contributed by atoms with Crippen LogP contribution in [0, 0.1) is 5.95 Å². The topological polar surface area (TPSA) is 82.0 Å². The predicted molar refractivity (Wildman–Crippen MR) is 37.1 cm³/mol. The molecule has 5 heteroatoms. The van der Waals surface area contributed by atoms with Crippen LogP contribution < -0.4 is 11.5 Å². The lowest BCUT2D eigenvalue weighted by atomic mass is 10.3. The number of nitrogens with zero attached hydrogens (tertiary/aromatic N) is 1. The molecule has 58 valence electrons. The average Bonchev–Trinajstić information content (AvgIpc) is 1.94. The van der Waals surface area contributed by atoms with Gasteiger partial charge < -0.3 is 11.5 Å². The minimum absolute atomic E-state index is 0.0823. The molecule has 1 aromatic rings. The Kier molecular flexibility index (Phi) is 1.72. The minimum Gasteiger partial charge on any atom is -0.397 e. The smallest absolute Gasteiger partial charge is 0.269 e. The Bertz CT molecular complexity index is 300. The molecule has 0 fully saturated rings. The zero-order valence-corrected chi connectivity index (χ0v) is 5.54. The van der Waals surface area contributed by atoms with Gasteiger partial charge >= 0.3 is 0 Å². The minimum atomic E-state index is -0.831. The highest BCUT2D eigenvalue weighted by Crippen LogP contribution is 2.07. The molecule has 4 N–H and O–H groups in total. The van der Waals surface area contributed by atoms with Crippen molar-refractivity contribution in [2.24, 2.45) is 5.73 Å². The third kappa shape index (κ3) is 1.43. The van der Waals surface area contributed by atoms with E-state index in [9.17, 15) is 9.18 Å². The van der Waals surface area contributed by atoms with Crippen LogP contribution in [0.3, 0.4) is 0 Å². The van der Waals surface area contributed by atoms with E-state index < -0.39 is 11.9 Å². The van der Waals surface area contributed by atoms with E-state index >= 15 is 0 Å². The Hall–Kier alpha value is -1.65. The second-order valence-electron chi connectivity index (χ2n) is 1.94. The lowest BCUT2D eigenvalue weighted by molar-refractivity contribution is 0.0995. The van der Waals surface area contributed by atoms with E-state index in [4.69, 9.17) is 11.5 Å². The molecule has 0 aliphatic carbocycles. The number of anilines is 1. The van der Waals surface area contributed by atoms with Crippen LogP contribution in [-0.4, -0.2) is 10.9 Å². The maximum Gasteiger partial charge on any atom is 0.269 e. The predicted octanol–water partition coefficient (Wildman–Crippen LogP) is -0.0982. The molecule has 1 rings (SSSR count). The fraction of sp³-hybridized carbons (Fsp3) is 0. The van der Waals surface area contributed by atoms with Crippen molar-refractivity contribution in [2.75, 3.05) is 5.73 Å². The molecule has 0 aromatic carbocycles. The number of amides is 1. The summed E-state index contributed by atoms with van der Waals surface area (Å²) in [5, 5.41) is 0. The quantitative estimate of drug-likeness (QED) is 0.555. The van der Waals surface area contributed by atoms with Crippen LogP contribution in [0.4, 0.5) is 10.1 Å². The van der Waals surface area contributed by atoms with Crippen molar-refractivity contribution in [2.45, 2.75) is 0 Å². The van der Waals surface area contributed by atoms with Gasteiger partial charge in [-0.3, -0.25) is 4.79 Å². The monoisotopic (exact) mass is 155 g/mol. The fourth-order valence-electron chi connectivity index (χ4n) is 0.643. The van der Waals surface area contributed by atoms with Crippen molar-refractivity contribution in [3.63, 3.8) is 0 Å². The molecule has 0 aliphatic rings. The lowest BCUT2D eigenvalue weighted by Gasteiger charge is -1.98. The van der Waals surface area contributed by atoms with E-state index in [0.29, 0.717) is 0 Å². The molecular formula is C6H6FN3O. The second kappa shape index (κ2) is 2.53. The van der Waals surface area contributed by atoms with Crippen molar-refractivity contribution in [3.05, 3.63) is 23.8 Å². The molecule has 0 saturated carbocycles. The third-order valence-corrected chi connectivity index (χ3v) is 1.13. The Morgan fingerprint density at radius 1 is 1.55 bits per heavy atom. The standard InChI is InChI=1S/C6H6FN3O/c7-4-2-1-3(8)5(10-4)6(9)11/h1-2H,8H2,(H2,9,11). The summed E-state index contributed by atoms with van der Waals surface area (Å²) in [5.41, 5.74) is 9.95. The number of halogens is 1. The fourth-order valence-corrected chi connectivity index (χ4v) is 0.643. The van der Waals surface area contributed by atoms with Crippen molar-refractivity contribution in [1.82, 2.24) is 4.98 Å². The molecule has 0 unspecified atom stereocenters. The van der Waals surface area contributed by atoms with Gasteiger partial charge in [0.1, 0.15) is 0 Å². The van der Waals surface area contributed by atoms with Crippen LogP contribution in [0.5, 0.6) is 0 Å². The van der Waals surface area contributed by atoms with Gasteiger partial charge in [0, 0.05) is 0 Å². The number of carbonyl (C=O) groups excluding carboxylic acids is 1. The number of pyridine rings is 1. The van der Waals surface area contributed by atoms with E-state index in [2.05, 4.69) is 4.98 Å². The summed E-state index contributed by atoms with van der Waals surface area (Å²) in [6, 6.07) is 2.30. The van der Waals surface area contributed by atoms with Gasteiger partial charge in [0.25, 0.3) is 5.91 Å². The van der Waals surface area contributed by atoms with Gasteiger partial charge in [-0.15, -0.1) is 0 Å². The van der Waals surface area contributed by atoms with Crippen molar-refractivity contribution < 1.29 is 9.18 Å². The molecule has 0 saturated heterocycles. The first-order valence-corrected chi connectivity index (χ1v) is 2.83. The van der Waals surface area contributed by atoms with E-state index in [1.807, 2.05) is 0 Å². The number of hydrogen-bond donors (Lipinski definition) is 2. The highest BCUT2D eigenvalue weighted by molar-refractivity contribution is 5.95. The summed E-state index contributed by atoms with van der Waals surface area (Å²) in [6.45, 7) is 0. The van der Waals surface area contributed by atoms with Gasteiger partial charge in [0.15, 0.2) is 5.69 Å². The molecular weight excluding hydrogens is 149 g/mol. The second-order valence-corrected chi connectivity index (χ2v) is 1.94. The highest BCUT2D eigenvalue weighted by atomic mass is 19.1. The molecule has 0 aliphatic heterocycles. The van der Waals surface area contributed by atoms with Crippen LogP contribution in [-0.2, 0) is 0 Å². The molecule has 1 heterocycles. The maximum atomic E-state index is 12.3. The molecule has 0 spiro atoms. The van der Waals surface area contributed by atoms with Gasteiger partial charge in [-0.25, -0.2) is 4.98 Å². The van der Waals surface area contributed by atoms with Crippen LogP contribution in [0.2, 0.25) is 0 Å². The number of nitrogen functional groups attached to an aromatic ring is 1. The number of rotatable bonds is 1. The first kappa shape index (κ1) is 7.46. The van der Waals surface area contributed by atoms with Gasteiger partial charge in [0.05, 0.1) is 5.69 Å². The molecule has 11 heavy (non-hydrogen) atoms. The summed E-state index contributed by atoms with van der Waals surface area (Å²) in [6.07, 6.45) is 0. The SMILES string of the molecule is NC(=O)c1nc(F)ccc1N. The Morgan fingerprint density at radius 3 is 2.64 bits per heavy atom. The van der Waals surface area contributed by atoms with Crippen molar-refractivity contribution >= 4 is 11.6 Å². The van der Waals surface area contributed by atoms with Crippen LogP contribution >= 0.6 is 0 Å². The summed E-state index contributed by atoms with van der Waals surface area (Å²) in [7, 11) is 0. The van der Waals surface area contributed by atoms with Crippen molar-refractivity contribution in [1.29, 1.82) is 0 Å². The van der Waals surface area contributed by atoms with Gasteiger partial charge in [-0.2, -0.15) is 4.39 Å². The first-order valence-electron chi connectivity index (χ1n) is 2.83. The van der Waals surface area contributed by atoms with E-state index in [1.54, 1.807) is 0 Å². The summed E-state index contributed by atoms with van der Waals surface area (Å²) in [5.74, 6) is -1.60. The Labute approximate surface area is 62.0 Å². The normalized spacial score (nSPS) is 9.55. The van der Waals surface area contributed by atoms with Gasteiger partial charge in [-0.1, -0.05) is 0 Å². The Balaban J connectivity index is 3.23. The van der Waals surface area contributed by atoms with Gasteiger partial charge in [-0.05, 0) is 12.1 Å². The molecule has 0 atom stereocenters. The molecule has 1 aromatic heterocycles. The van der Waals surface area contributed by atoms with Crippen molar-refractivity contribution in [3.8, 4) is 0 Å². The van der Waals surface area contributed by atoms with Gasteiger partial charge in [0.2, 0.25) is 5.95 Å². The molecule has 0 bridgehead atoms. The number of carbonyl (C=O) groups is 1. The largest absolute Gasteiger partial charge is 0.397 e. The van der Waals surface area contributed by atoms with E-state index in [-0.39, 0.29) is 11.4 Å². The average molecular weight is 155 g/mol. The Morgan fingerprint density at radius 2 is 2.18 bits per heavy atom. The van der Waals surface area contributed by atoms with Crippen LogP contribution in [0.25, 0.3) is 0 Å². The highest BCUT2D eigenvalue weighted by Gasteiger charge is 2.07. The molecule has 1 amide bonds. The third-order valence-electron chi connectivity index (χ3n) is 1.13. The number of primary amides is 1. The molecule has 4 nitrogen and oxygen atoms in total. The summed E-state index contributed by atoms with van der Waals surface area (Å²) in [4.78, 5) is 13.7. The number of aromatic nitrogens is 1. The van der Waals surface area contributed by atoms with E-state index in [1.165, 1.54) is 6.07 Å². The zero-order valence-electron chi connectivity index (χ0n) is 5.54. The summed E-state index contributed by atoms with van der Waals surface area (Å²) >= 11 is 0. The van der Waals surface area contributed by atoms with Crippen LogP contribution in [0.15, 0.2) is 12.1 Å². The van der Waals surface area contributed by atoms with E-state index in [0.717, 1.165) is 6.07 Å². The number of hydrogen-bond acceptors (Lipinski definition) is 3. The first-order chi connectivity index (χ1) is 5.11. The molecule has 0 radical (unpaired) electrons. The van der Waals surface area contributed by atoms with Crippen LogP contribution in [0.1, 0.15) is 10.5 Å². The maximum absolute atomic E-state index is 12.3. The number of nitrogens with two attached hydrogens (primary N) is 2. The summed E-state index contributed by atoms with van der Waals surface area (Å²) < 4.78 is 12.3.